The van der Waals surface area contributed by atoms with Crippen molar-refractivity contribution < 1.29 is 14.3 Å². The van der Waals surface area contributed by atoms with Crippen molar-refractivity contribution in [2.75, 3.05) is 13.7 Å². The molecule has 2 rings (SSSR count). The predicted octanol–water partition coefficient (Wildman–Crippen LogP) is 2.28. The minimum absolute atomic E-state index is 0.292. The lowest BCUT2D eigenvalue weighted by Gasteiger charge is -2.10. The Balaban J connectivity index is 2.00. The van der Waals surface area contributed by atoms with Gasteiger partial charge in [0.15, 0.2) is 17.2 Å². The Morgan fingerprint density at radius 3 is 2.87 bits per heavy atom. The number of benzene rings is 1. The molecule has 0 radical (unpaired) electrons. The molecule has 1 heterocycles. The number of hydrogen-bond donors (Lipinski definition) is 2. The van der Waals surface area contributed by atoms with E-state index >= 15 is 0 Å². The summed E-state index contributed by atoms with van der Waals surface area (Å²) < 4.78 is 10.9. The number of hydrazone groups is 1. The smallest absolute Gasteiger partial charge is 0.291 e. The van der Waals surface area contributed by atoms with Crippen LogP contribution in [0.25, 0.3) is 0 Å². The SMILES string of the molecule is CCCOc1ccc(C=NNC(=O)c2cc(C)[nH]n2)cc1OC. The lowest BCUT2D eigenvalue weighted by atomic mass is 10.2. The second-order valence-corrected chi connectivity index (χ2v) is 4.89. The average Bonchev–Trinajstić information content (AvgIpc) is 3.00. The molecule has 0 spiro atoms. The number of nitrogens with one attached hydrogen (secondary N) is 2. The Bertz CT molecular complexity index is 694. The van der Waals surface area contributed by atoms with Crippen LogP contribution in [0, 0.1) is 6.92 Å². The lowest BCUT2D eigenvalue weighted by Crippen LogP contribution is -2.18. The van der Waals surface area contributed by atoms with Gasteiger partial charge in [0.2, 0.25) is 0 Å². The Labute approximate surface area is 134 Å². The van der Waals surface area contributed by atoms with Gasteiger partial charge in [-0.1, -0.05) is 6.92 Å². The van der Waals surface area contributed by atoms with E-state index < -0.39 is 0 Å². The number of nitrogens with zero attached hydrogens (tertiary/aromatic N) is 2. The molecular formula is C16H20N4O3. The average molecular weight is 316 g/mol. The quantitative estimate of drug-likeness (QED) is 0.606. The van der Waals surface area contributed by atoms with Gasteiger partial charge < -0.3 is 9.47 Å². The third-order valence-electron chi connectivity index (χ3n) is 2.97. The molecule has 0 aliphatic carbocycles. The Morgan fingerprint density at radius 1 is 1.39 bits per heavy atom. The molecule has 7 nitrogen and oxygen atoms in total. The second-order valence-electron chi connectivity index (χ2n) is 4.89. The first-order valence-corrected chi connectivity index (χ1v) is 7.30. The number of hydrogen-bond acceptors (Lipinski definition) is 5. The number of H-pyrrole nitrogens is 1. The van der Waals surface area contributed by atoms with Crippen molar-refractivity contribution in [1.29, 1.82) is 0 Å². The van der Waals surface area contributed by atoms with Crippen molar-refractivity contribution in [3.05, 3.63) is 41.2 Å². The van der Waals surface area contributed by atoms with Crippen molar-refractivity contribution in [3.63, 3.8) is 0 Å². The van der Waals surface area contributed by atoms with Gasteiger partial charge in [0, 0.05) is 5.69 Å². The summed E-state index contributed by atoms with van der Waals surface area (Å²) in [6, 6.07) is 7.09. The minimum Gasteiger partial charge on any atom is -0.493 e. The van der Waals surface area contributed by atoms with E-state index in [4.69, 9.17) is 9.47 Å². The highest BCUT2D eigenvalue weighted by molar-refractivity contribution is 5.93. The number of aromatic amines is 1. The van der Waals surface area contributed by atoms with Crippen molar-refractivity contribution in [1.82, 2.24) is 15.6 Å². The van der Waals surface area contributed by atoms with Crippen molar-refractivity contribution in [2.45, 2.75) is 20.3 Å². The van der Waals surface area contributed by atoms with Crippen LogP contribution in [0.5, 0.6) is 11.5 Å². The highest BCUT2D eigenvalue weighted by atomic mass is 16.5. The van der Waals surface area contributed by atoms with Crippen molar-refractivity contribution in [2.24, 2.45) is 5.10 Å². The molecule has 0 aliphatic heterocycles. The van der Waals surface area contributed by atoms with Crippen LogP contribution < -0.4 is 14.9 Å². The number of ether oxygens (including phenoxy) is 2. The Kier molecular flexibility index (Phi) is 5.74. The predicted molar refractivity (Wildman–Crippen MR) is 87.2 cm³/mol. The monoisotopic (exact) mass is 316 g/mol. The number of aryl methyl sites for hydroxylation is 1. The highest BCUT2D eigenvalue weighted by Gasteiger charge is 2.08. The van der Waals surface area contributed by atoms with Gasteiger partial charge in [-0.25, -0.2) is 5.43 Å². The molecule has 2 N–H and O–H groups in total. The van der Waals surface area contributed by atoms with Gasteiger partial charge in [0.05, 0.1) is 19.9 Å². The molecule has 7 heteroatoms. The molecule has 1 amide bonds. The van der Waals surface area contributed by atoms with Crippen LogP contribution in [0.3, 0.4) is 0 Å². The Morgan fingerprint density at radius 2 is 2.22 bits per heavy atom. The van der Waals surface area contributed by atoms with Gasteiger partial charge in [-0.05, 0) is 43.2 Å². The Hall–Kier alpha value is -2.83. The van der Waals surface area contributed by atoms with Crippen LogP contribution in [-0.2, 0) is 0 Å². The van der Waals surface area contributed by atoms with E-state index in [-0.39, 0.29) is 5.91 Å². The molecular weight excluding hydrogens is 296 g/mol. The molecule has 0 bridgehead atoms. The summed E-state index contributed by atoms with van der Waals surface area (Å²) in [7, 11) is 1.58. The molecule has 1 aromatic carbocycles. The van der Waals surface area contributed by atoms with E-state index in [2.05, 4.69) is 20.7 Å². The zero-order valence-corrected chi connectivity index (χ0v) is 13.4. The first-order chi connectivity index (χ1) is 11.1. The fourth-order valence-electron chi connectivity index (χ4n) is 1.85. The number of carbonyl (C=O) groups is 1. The van der Waals surface area contributed by atoms with E-state index in [0.29, 0.717) is 23.8 Å². The summed E-state index contributed by atoms with van der Waals surface area (Å²) in [6.07, 6.45) is 2.45. The zero-order valence-electron chi connectivity index (χ0n) is 13.4. The zero-order chi connectivity index (χ0) is 16.7. The number of methoxy groups -OCH3 is 1. The molecule has 0 fully saturated rings. The third-order valence-corrected chi connectivity index (χ3v) is 2.97. The molecule has 1 aromatic heterocycles. The first-order valence-electron chi connectivity index (χ1n) is 7.30. The van der Waals surface area contributed by atoms with Gasteiger partial charge in [0.25, 0.3) is 5.91 Å². The fourth-order valence-corrected chi connectivity index (χ4v) is 1.85. The van der Waals surface area contributed by atoms with Crippen LogP contribution in [0.15, 0.2) is 29.4 Å². The molecule has 2 aromatic rings. The minimum atomic E-state index is -0.375. The molecule has 122 valence electrons. The molecule has 0 unspecified atom stereocenters. The number of carbonyl (C=O) groups excluding carboxylic acids is 1. The maximum atomic E-state index is 11.8. The molecule has 0 aliphatic rings. The number of amides is 1. The lowest BCUT2D eigenvalue weighted by molar-refractivity contribution is 0.0950. The van der Waals surface area contributed by atoms with Crippen LogP contribution in [-0.4, -0.2) is 36.0 Å². The van der Waals surface area contributed by atoms with Crippen LogP contribution in [0.2, 0.25) is 0 Å². The van der Waals surface area contributed by atoms with E-state index in [1.807, 2.05) is 26.0 Å². The third kappa shape index (κ3) is 4.57. The normalized spacial score (nSPS) is 10.7. The van der Waals surface area contributed by atoms with Crippen LogP contribution in [0.1, 0.15) is 35.1 Å². The van der Waals surface area contributed by atoms with Gasteiger partial charge in [-0.15, -0.1) is 0 Å². The highest BCUT2D eigenvalue weighted by Crippen LogP contribution is 2.27. The topological polar surface area (TPSA) is 88.6 Å². The number of rotatable bonds is 7. The maximum absolute atomic E-state index is 11.8. The summed E-state index contributed by atoms with van der Waals surface area (Å²) in [6.45, 7) is 4.49. The van der Waals surface area contributed by atoms with Gasteiger partial charge >= 0.3 is 0 Å². The van der Waals surface area contributed by atoms with Crippen molar-refractivity contribution >= 4 is 12.1 Å². The first kappa shape index (κ1) is 16.5. The number of aromatic nitrogens is 2. The van der Waals surface area contributed by atoms with E-state index in [0.717, 1.165) is 17.7 Å². The van der Waals surface area contributed by atoms with Gasteiger partial charge in [-0.2, -0.15) is 10.2 Å². The second kappa shape index (κ2) is 7.98. The van der Waals surface area contributed by atoms with Gasteiger partial charge in [0.1, 0.15) is 0 Å². The fraction of sp³-hybridized carbons (Fsp3) is 0.312. The molecule has 0 saturated carbocycles. The summed E-state index contributed by atoms with van der Waals surface area (Å²) in [5.74, 6) is 0.930. The summed E-state index contributed by atoms with van der Waals surface area (Å²) >= 11 is 0. The maximum Gasteiger partial charge on any atom is 0.291 e. The van der Waals surface area contributed by atoms with Crippen LogP contribution >= 0.6 is 0 Å². The van der Waals surface area contributed by atoms with E-state index in [1.165, 1.54) is 6.21 Å². The van der Waals surface area contributed by atoms with Gasteiger partial charge in [-0.3, -0.25) is 9.89 Å². The summed E-state index contributed by atoms with van der Waals surface area (Å²) in [5, 5.41) is 10.5. The molecule has 0 saturated heterocycles. The molecule has 0 atom stereocenters. The van der Waals surface area contributed by atoms with E-state index in [1.54, 1.807) is 19.2 Å². The summed E-state index contributed by atoms with van der Waals surface area (Å²) in [4.78, 5) is 11.8. The van der Waals surface area contributed by atoms with Crippen molar-refractivity contribution in [3.8, 4) is 11.5 Å². The van der Waals surface area contributed by atoms with Crippen LogP contribution in [0.4, 0.5) is 0 Å². The van der Waals surface area contributed by atoms with E-state index in [9.17, 15) is 4.79 Å². The standard InChI is InChI=1S/C16H20N4O3/c1-4-7-23-14-6-5-12(9-15(14)22-3)10-17-20-16(21)13-8-11(2)18-19-13/h5-6,8-10H,4,7H2,1-3H3,(H,18,19)(H,20,21). The molecule has 23 heavy (non-hydrogen) atoms. The largest absolute Gasteiger partial charge is 0.493 e. The summed E-state index contributed by atoms with van der Waals surface area (Å²) in [5.41, 5.74) is 4.31.